The van der Waals surface area contributed by atoms with Gasteiger partial charge in [0.1, 0.15) is 0 Å². The third kappa shape index (κ3) is 3.60. The van der Waals surface area contributed by atoms with Crippen LogP contribution in [0.5, 0.6) is 0 Å². The Kier molecular flexibility index (Phi) is 4.17. The van der Waals surface area contributed by atoms with E-state index in [0.29, 0.717) is 18.7 Å². The average Bonchev–Trinajstić information content (AvgIpc) is 2.64. The van der Waals surface area contributed by atoms with Crippen molar-refractivity contribution < 1.29 is 9.00 Å². The van der Waals surface area contributed by atoms with Gasteiger partial charge in [0.2, 0.25) is 0 Å². The number of nitrogens with zero attached hydrogens (tertiary/aromatic N) is 3. The Morgan fingerprint density at radius 1 is 1.64 bits per heavy atom. The van der Waals surface area contributed by atoms with Gasteiger partial charge in [0.05, 0.1) is 0 Å². The second-order valence-electron chi connectivity index (χ2n) is 2.62. The normalized spacial score (nSPS) is 12.4. The molecule has 0 saturated carbocycles. The van der Waals surface area contributed by atoms with E-state index in [2.05, 4.69) is 25.9 Å². The van der Waals surface area contributed by atoms with Crippen molar-refractivity contribution in [3.63, 3.8) is 0 Å². The maximum absolute atomic E-state index is 11.2. The minimum Gasteiger partial charge on any atom is -0.349 e. The zero-order valence-electron chi connectivity index (χ0n) is 7.69. The summed E-state index contributed by atoms with van der Waals surface area (Å²) in [6, 6.07) is 0. The molecule has 2 N–H and O–H groups in total. The van der Waals surface area contributed by atoms with Crippen LogP contribution in [0.1, 0.15) is 17.0 Å². The highest BCUT2D eigenvalue weighted by Gasteiger charge is 2.08. The van der Waals surface area contributed by atoms with Gasteiger partial charge in [-0.3, -0.25) is 9.00 Å². The summed E-state index contributed by atoms with van der Waals surface area (Å²) in [5.74, 6) is 0.218. The second-order valence-corrected chi connectivity index (χ2v) is 4.18. The molecule has 0 aliphatic heterocycles. The van der Waals surface area contributed by atoms with Crippen molar-refractivity contribution in [1.82, 2.24) is 25.9 Å². The molecule has 0 saturated heterocycles. The first-order valence-corrected chi connectivity index (χ1v) is 5.74. The van der Waals surface area contributed by atoms with Crippen LogP contribution in [0.15, 0.2) is 0 Å². The van der Waals surface area contributed by atoms with Crippen molar-refractivity contribution in [3.05, 3.63) is 5.82 Å². The van der Waals surface area contributed by atoms with Gasteiger partial charge in [0.25, 0.3) is 11.7 Å². The van der Waals surface area contributed by atoms with E-state index in [4.69, 9.17) is 0 Å². The number of rotatable bonds is 5. The number of hydrogen-bond donors (Lipinski definition) is 2. The monoisotopic (exact) mass is 217 g/mol. The third-order valence-electron chi connectivity index (χ3n) is 1.44. The van der Waals surface area contributed by atoms with Crippen LogP contribution < -0.4 is 5.32 Å². The summed E-state index contributed by atoms with van der Waals surface area (Å²) in [5, 5.41) is 15.0. The summed E-state index contributed by atoms with van der Waals surface area (Å²) in [6.07, 6.45) is 2.30. The van der Waals surface area contributed by atoms with Gasteiger partial charge in [0, 0.05) is 29.4 Å². The first-order chi connectivity index (χ1) is 6.70. The van der Waals surface area contributed by atoms with Gasteiger partial charge in [-0.2, -0.15) is 5.21 Å². The molecule has 1 aromatic rings. The zero-order valence-corrected chi connectivity index (χ0v) is 8.50. The molecule has 0 radical (unpaired) electrons. The fourth-order valence-electron chi connectivity index (χ4n) is 0.814. The number of nitrogens with one attached hydrogen (secondary N) is 2. The van der Waals surface area contributed by atoms with Gasteiger partial charge >= 0.3 is 0 Å². The lowest BCUT2D eigenvalue weighted by molar-refractivity contribution is 0.0943. The Morgan fingerprint density at radius 2 is 2.43 bits per heavy atom. The molecular formula is C6H11N5O2S. The highest BCUT2D eigenvalue weighted by atomic mass is 32.2. The van der Waals surface area contributed by atoms with Gasteiger partial charge in [-0.05, 0) is 11.6 Å². The number of amides is 1. The highest BCUT2D eigenvalue weighted by molar-refractivity contribution is 7.84. The highest BCUT2D eigenvalue weighted by Crippen LogP contribution is 1.85. The van der Waals surface area contributed by atoms with Crippen LogP contribution >= 0.6 is 0 Å². The van der Waals surface area contributed by atoms with Crippen molar-refractivity contribution in [2.45, 2.75) is 6.42 Å². The SMILES string of the molecule is CS(=O)CCCNC(=O)c1nn[nH]n1. The molecule has 0 aromatic carbocycles. The van der Waals surface area contributed by atoms with Gasteiger partial charge in [-0.1, -0.05) is 0 Å². The molecule has 78 valence electrons. The lowest BCUT2D eigenvalue weighted by Gasteiger charge is -1.99. The van der Waals surface area contributed by atoms with Gasteiger partial charge in [-0.15, -0.1) is 10.2 Å². The van der Waals surface area contributed by atoms with Crippen LogP contribution in [0.4, 0.5) is 0 Å². The van der Waals surface area contributed by atoms with Crippen LogP contribution in [-0.4, -0.2) is 49.3 Å². The minimum atomic E-state index is -0.818. The third-order valence-corrected chi connectivity index (χ3v) is 2.31. The van der Waals surface area contributed by atoms with Crippen LogP contribution in [0.25, 0.3) is 0 Å². The number of aromatic nitrogens is 4. The van der Waals surface area contributed by atoms with E-state index >= 15 is 0 Å². The summed E-state index contributed by atoms with van der Waals surface area (Å²) in [4.78, 5) is 11.2. The predicted octanol–water partition coefficient (Wildman–Crippen LogP) is -1.30. The molecule has 1 atom stereocenters. The van der Waals surface area contributed by atoms with E-state index in [9.17, 15) is 9.00 Å². The van der Waals surface area contributed by atoms with Crippen molar-refractivity contribution >= 4 is 16.7 Å². The lowest BCUT2D eigenvalue weighted by atomic mass is 10.4. The van der Waals surface area contributed by atoms with E-state index in [1.54, 1.807) is 6.26 Å². The van der Waals surface area contributed by atoms with E-state index in [0.717, 1.165) is 0 Å². The van der Waals surface area contributed by atoms with E-state index in [-0.39, 0.29) is 11.7 Å². The van der Waals surface area contributed by atoms with E-state index < -0.39 is 10.8 Å². The largest absolute Gasteiger partial charge is 0.349 e. The Hall–Kier alpha value is -1.31. The molecule has 7 nitrogen and oxygen atoms in total. The first-order valence-electron chi connectivity index (χ1n) is 4.02. The molecule has 0 bridgehead atoms. The number of carbonyl (C=O) groups is 1. The van der Waals surface area contributed by atoms with Crippen LogP contribution in [0.2, 0.25) is 0 Å². The molecule has 1 rings (SSSR count). The smallest absolute Gasteiger partial charge is 0.292 e. The summed E-state index contributed by atoms with van der Waals surface area (Å²) in [7, 11) is -0.818. The molecule has 14 heavy (non-hydrogen) atoms. The molecule has 0 spiro atoms. The zero-order chi connectivity index (χ0) is 10.4. The number of hydrogen-bond acceptors (Lipinski definition) is 5. The molecule has 1 unspecified atom stereocenters. The van der Waals surface area contributed by atoms with Crippen LogP contribution in [0.3, 0.4) is 0 Å². The van der Waals surface area contributed by atoms with E-state index in [1.165, 1.54) is 0 Å². The molecular weight excluding hydrogens is 206 g/mol. The van der Waals surface area contributed by atoms with Crippen LogP contribution in [0, 0.1) is 0 Å². The number of tetrazole rings is 1. The Bertz CT molecular complexity index is 312. The maximum atomic E-state index is 11.2. The molecule has 0 aliphatic rings. The fourth-order valence-corrected chi connectivity index (χ4v) is 1.37. The number of H-pyrrole nitrogens is 1. The lowest BCUT2D eigenvalue weighted by Crippen LogP contribution is -2.26. The fraction of sp³-hybridized carbons (Fsp3) is 0.667. The molecule has 0 fully saturated rings. The quantitative estimate of drug-likeness (QED) is 0.597. The van der Waals surface area contributed by atoms with Crippen LogP contribution in [-0.2, 0) is 10.8 Å². The predicted molar refractivity (Wildman–Crippen MR) is 50.1 cm³/mol. The number of aromatic amines is 1. The van der Waals surface area contributed by atoms with Crippen molar-refractivity contribution in [2.24, 2.45) is 0 Å². The maximum Gasteiger partial charge on any atom is 0.292 e. The molecule has 1 aromatic heterocycles. The second kappa shape index (κ2) is 5.43. The Balaban J connectivity index is 2.19. The summed E-state index contributed by atoms with van der Waals surface area (Å²) in [6.45, 7) is 0.465. The number of carbonyl (C=O) groups excluding carboxylic acids is 1. The average molecular weight is 217 g/mol. The van der Waals surface area contributed by atoms with Crippen molar-refractivity contribution in [1.29, 1.82) is 0 Å². The molecule has 1 heterocycles. The minimum absolute atomic E-state index is 0.0163. The van der Waals surface area contributed by atoms with E-state index in [1.807, 2.05) is 0 Å². The van der Waals surface area contributed by atoms with Gasteiger partial charge in [-0.25, -0.2) is 0 Å². The summed E-state index contributed by atoms with van der Waals surface area (Å²) >= 11 is 0. The van der Waals surface area contributed by atoms with Gasteiger partial charge < -0.3 is 5.32 Å². The van der Waals surface area contributed by atoms with Crippen molar-refractivity contribution in [2.75, 3.05) is 18.6 Å². The molecule has 0 aliphatic carbocycles. The standard InChI is InChI=1S/C6H11N5O2S/c1-14(13)4-2-3-7-6(12)5-8-10-11-9-5/h2-4H2,1H3,(H,7,12)(H,8,9,10,11). The van der Waals surface area contributed by atoms with Crippen molar-refractivity contribution in [3.8, 4) is 0 Å². The topological polar surface area (TPSA) is 101 Å². The van der Waals surface area contributed by atoms with Gasteiger partial charge in [0.15, 0.2) is 0 Å². The summed E-state index contributed by atoms with van der Waals surface area (Å²) in [5.41, 5.74) is 0. The molecule has 1 amide bonds. The summed E-state index contributed by atoms with van der Waals surface area (Å²) < 4.78 is 10.7. The molecule has 8 heteroatoms. The first kappa shape index (κ1) is 10.8. The Labute approximate surface area is 83.1 Å². The Morgan fingerprint density at radius 3 is 3.00 bits per heavy atom.